The predicted octanol–water partition coefficient (Wildman–Crippen LogP) is 1.91. The highest BCUT2D eigenvalue weighted by Gasteiger charge is 2.22. The zero-order chi connectivity index (χ0) is 16.9. The smallest absolute Gasteiger partial charge is 0.213 e. The van der Waals surface area contributed by atoms with Gasteiger partial charge in [0.15, 0.2) is 5.96 Å². The van der Waals surface area contributed by atoms with Gasteiger partial charge in [0.2, 0.25) is 10.0 Å². The monoisotopic (exact) mass is 466 g/mol. The molecule has 136 valence electrons. The van der Waals surface area contributed by atoms with Gasteiger partial charge in [-0.2, -0.15) is 0 Å². The Balaban J connectivity index is 0.00000288. The fourth-order valence-corrected chi connectivity index (χ4v) is 3.56. The Bertz CT molecular complexity index is 664. The van der Waals surface area contributed by atoms with Crippen LogP contribution in [0.2, 0.25) is 0 Å². The molecule has 1 aliphatic heterocycles. The highest BCUT2D eigenvalue weighted by Crippen LogP contribution is 2.27. The van der Waals surface area contributed by atoms with Crippen molar-refractivity contribution in [3.05, 3.63) is 29.8 Å². The molecule has 0 radical (unpaired) electrons. The number of halogens is 1. The maximum absolute atomic E-state index is 11.7. The molecule has 0 aliphatic carbocycles. The largest absolute Gasteiger partial charge is 0.356 e. The number of hydrogen-bond acceptors (Lipinski definition) is 3. The number of anilines is 1. The van der Waals surface area contributed by atoms with E-state index in [9.17, 15) is 8.42 Å². The van der Waals surface area contributed by atoms with Gasteiger partial charge >= 0.3 is 0 Å². The van der Waals surface area contributed by atoms with E-state index in [1.807, 2.05) is 6.07 Å². The van der Waals surface area contributed by atoms with Gasteiger partial charge in [0.1, 0.15) is 0 Å². The third kappa shape index (κ3) is 5.06. The van der Waals surface area contributed by atoms with Gasteiger partial charge in [-0.1, -0.05) is 18.2 Å². The fraction of sp³-hybridized carbons (Fsp3) is 0.562. The minimum Gasteiger partial charge on any atom is -0.356 e. The topological polar surface area (TPSA) is 65.0 Å². The zero-order valence-corrected chi connectivity index (χ0v) is 17.7. The number of fused-ring (bicyclic) bond motifs is 1. The Morgan fingerprint density at radius 2 is 2.08 bits per heavy atom. The van der Waals surface area contributed by atoms with Crippen LogP contribution in [0.5, 0.6) is 0 Å². The van der Waals surface area contributed by atoms with Crippen LogP contribution in [-0.2, 0) is 16.4 Å². The second-order valence-corrected chi connectivity index (χ2v) is 7.94. The third-order valence-electron chi connectivity index (χ3n) is 4.13. The normalized spacial score (nSPS) is 14.5. The molecular formula is C16H27IN4O2S. The lowest BCUT2D eigenvalue weighted by atomic mass is 10.2. The summed E-state index contributed by atoms with van der Waals surface area (Å²) in [6.07, 6.45) is 1.76. The molecule has 2 rings (SSSR count). The first-order valence-corrected chi connectivity index (χ1v) is 9.60. The van der Waals surface area contributed by atoms with Crippen LogP contribution in [0.1, 0.15) is 18.9 Å². The molecule has 0 aromatic heterocycles. The summed E-state index contributed by atoms with van der Waals surface area (Å²) < 4.78 is 24.8. The van der Waals surface area contributed by atoms with Crippen molar-refractivity contribution < 1.29 is 8.42 Å². The second-order valence-electron chi connectivity index (χ2n) is 5.58. The molecule has 24 heavy (non-hydrogen) atoms. The highest BCUT2D eigenvalue weighted by molar-refractivity contribution is 14.0. The van der Waals surface area contributed by atoms with Gasteiger partial charge < -0.3 is 10.2 Å². The van der Waals surface area contributed by atoms with E-state index in [1.165, 1.54) is 15.6 Å². The number of hydrogen-bond donors (Lipinski definition) is 1. The van der Waals surface area contributed by atoms with E-state index >= 15 is 0 Å². The quantitative estimate of drug-likeness (QED) is 0.301. The first-order valence-electron chi connectivity index (χ1n) is 7.99. The summed E-state index contributed by atoms with van der Waals surface area (Å²) in [5.41, 5.74) is 2.54. The van der Waals surface area contributed by atoms with Crippen LogP contribution in [-0.4, -0.2) is 58.2 Å². The van der Waals surface area contributed by atoms with E-state index in [2.05, 4.69) is 33.4 Å². The van der Waals surface area contributed by atoms with Crippen molar-refractivity contribution in [1.82, 2.24) is 9.62 Å². The first-order chi connectivity index (χ1) is 11.0. The van der Waals surface area contributed by atoms with Gasteiger partial charge in [-0.15, -0.1) is 24.0 Å². The number of sulfonamides is 1. The van der Waals surface area contributed by atoms with Crippen LogP contribution >= 0.6 is 24.0 Å². The number of aliphatic imine (C=N–C) groups is 1. The summed E-state index contributed by atoms with van der Waals surface area (Å²) in [6, 6.07) is 8.35. The molecule has 0 atom stereocenters. The standard InChI is InChI=1S/C16H26N4O2S.HI/c1-4-23(21,22)19(3)12-7-11-18-16(17-2)20-13-10-14-8-5-6-9-15(14)20;/h5-6,8-9H,4,7,10-13H2,1-3H3,(H,17,18);1H. The Hall–Kier alpha value is -0.870. The molecule has 1 heterocycles. The summed E-state index contributed by atoms with van der Waals surface area (Å²) >= 11 is 0. The molecule has 1 aromatic carbocycles. The van der Waals surface area contributed by atoms with E-state index in [1.54, 1.807) is 21.0 Å². The zero-order valence-electron chi connectivity index (χ0n) is 14.5. The van der Waals surface area contributed by atoms with Crippen molar-refractivity contribution in [3.63, 3.8) is 0 Å². The van der Waals surface area contributed by atoms with Crippen LogP contribution in [0, 0.1) is 0 Å². The van der Waals surface area contributed by atoms with E-state index < -0.39 is 10.0 Å². The van der Waals surface area contributed by atoms with Crippen molar-refractivity contribution in [1.29, 1.82) is 0 Å². The van der Waals surface area contributed by atoms with Crippen molar-refractivity contribution in [2.24, 2.45) is 4.99 Å². The van der Waals surface area contributed by atoms with Gasteiger partial charge in [-0.3, -0.25) is 4.99 Å². The Morgan fingerprint density at radius 3 is 2.75 bits per heavy atom. The summed E-state index contributed by atoms with van der Waals surface area (Å²) in [7, 11) is 0.309. The molecule has 6 nitrogen and oxygen atoms in total. The summed E-state index contributed by atoms with van der Waals surface area (Å²) in [5.74, 6) is 0.985. The Labute approximate surface area is 162 Å². The van der Waals surface area contributed by atoms with Crippen molar-refractivity contribution in [3.8, 4) is 0 Å². The maximum atomic E-state index is 11.7. The van der Waals surface area contributed by atoms with Crippen LogP contribution in [0.15, 0.2) is 29.3 Å². The first kappa shape index (κ1) is 21.2. The Kier molecular flexibility index (Phi) is 8.44. The van der Waals surface area contributed by atoms with Crippen LogP contribution in [0.3, 0.4) is 0 Å². The highest BCUT2D eigenvalue weighted by atomic mass is 127. The number of benzene rings is 1. The molecule has 8 heteroatoms. The van der Waals surface area contributed by atoms with E-state index in [-0.39, 0.29) is 29.7 Å². The molecule has 0 unspecified atom stereocenters. The predicted molar refractivity (Wildman–Crippen MR) is 111 cm³/mol. The molecular weight excluding hydrogens is 439 g/mol. The fourth-order valence-electron chi connectivity index (χ4n) is 2.71. The summed E-state index contributed by atoms with van der Waals surface area (Å²) in [5, 5.41) is 3.33. The number of rotatable bonds is 6. The minimum atomic E-state index is -3.10. The molecule has 0 spiro atoms. The average molecular weight is 466 g/mol. The number of nitrogens with zero attached hydrogens (tertiary/aromatic N) is 3. The molecule has 0 fully saturated rings. The van der Waals surface area contributed by atoms with Gasteiger partial charge in [0.05, 0.1) is 5.75 Å². The molecule has 0 saturated heterocycles. The SMILES string of the molecule is CCS(=O)(=O)N(C)CCCNC(=NC)N1CCc2ccccc21.I. The minimum absolute atomic E-state index is 0. The van der Waals surface area contributed by atoms with Crippen molar-refractivity contribution in [2.45, 2.75) is 19.8 Å². The average Bonchev–Trinajstić information content (AvgIpc) is 2.98. The molecule has 1 aliphatic rings. The number of guanidine groups is 1. The molecule has 0 amide bonds. The van der Waals surface area contributed by atoms with E-state index in [0.717, 1.165) is 25.3 Å². The maximum Gasteiger partial charge on any atom is 0.213 e. The Morgan fingerprint density at radius 1 is 1.38 bits per heavy atom. The van der Waals surface area contributed by atoms with Gasteiger partial charge in [0.25, 0.3) is 0 Å². The number of para-hydroxylation sites is 1. The lowest BCUT2D eigenvalue weighted by Crippen LogP contribution is -2.41. The van der Waals surface area contributed by atoms with Crippen LogP contribution < -0.4 is 10.2 Å². The van der Waals surface area contributed by atoms with Gasteiger partial charge in [0, 0.05) is 39.4 Å². The third-order valence-corrected chi connectivity index (χ3v) is 5.99. The van der Waals surface area contributed by atoms with Crippen LogP contribution in [0.25, 0.3) is 0 Å². The van der Waals surface area contributed by atoms with E-state index in [4.69, 9.17) is 0 Å². The van der Waals surface area contributed by atoms with Gasteiger partial charge in [-0.25, -0.2) is 12.7 Å². The lowest BCUT2D eigenvalue weighted by Gasteiger charge is -2.23. The number of nitrogens with one attached hydrogen (secondary N) is 1. The lowest BCUT2D eigenvalue weighted by molar-refractivity contribution is 0.461. The van der Waals surface area contributed by atoms with Crippen LogP contribution in [0.4, 0.5) is 5.69 Å². The summed E-state index contributed by atoms with van der Waals surface area (Å²) in [4.78, 5) is 6.53. The van der Waals surface area contributed by atoms with Gasteiger partial charge in [-0.05, 0) is 31.4 Å². The molecule has 0 saturated carbocycles. The molecule has 0 bridgehead atoms. The summed E-state index contributed by atoms with van der Waals surface area (Å²) in [6.45, 7) is 3.78. The molecule has 1 N–H and O–H groups in total. The molecule has 1 aromatic rings. The van der Waals surface area contributed by atoms with Crippen molar-refractivity contribution >= 4 is 45.6 Å². The second kappa shape index (κ2) is 9.57. The van der Waals surface area contributed by atoms with E-state index in [0.29, 0.717) is 13.1 Å². The van der Waals surface area contributed by atoms with Crippen molar-refractivity contribution in [2.75, 3.05) is 44.4 Å².